The van der Waals surface area contributed by atoms with Gasteiger partial charge in [0.15, 0.2) is 0 Å². The van der Waals surface area contributed by atoms with Crippen molar-refractivity contribution >= 4 is 11.7 Å². The molecule has 2 N–H and O–H groups in total. The number of aliphatic carboxylic acids is 1. The molecule has 0 aromatic heterocycles. The van der Waals surface area contributed by atoms with Gasteiger partial charge in [0.1, 0.15) is 5.71 Å². The SMILES string of the molecule is CC(=NNCCC(C)(C)C)C(=O)O. The van der Waals surface area contributed by atoms with Crippen LogP contribution < -0.4 is 5.43 Å². The Labute approximate surface area is 79.0 Å². The number of nitrogens with zero attached hydrogens (tertiary/aromatic N) is 1. The Kier molecular flexibility index (Phi) is 4.45. The van der Waals surface area contributed by atoms with Crippen LogP contribution in [-0.2, 0) is 4.79 Å². The van der Waals surface area contributed by atoms with Crippen LogP contribution in [0.15, 0.2) is 5.10 Å². The molecule has 0 saturated carbocycles. The van der Waals surface area contributed by atoms with E-state index in [1.54, 1.807) is 0 Å². The molecule has 0 bridgehead atoms. The monoisotopic (exact) mass is 186 g/mol. The van der Waals surface area contributed by atoms with Crippen LogP contribution in [0.5, 0.6) is 0 Å². The summed E-state index contributed by atoms with van der Waals surface area (Å²) in [4.78, 5) is 10.3. The fourth-order valence-electron chi connectivity index (χ4n) is 0.653. The van der Waals surface area contributed by atoms with E-state index in [1.807, 2.05) is 0 Å². The van der Waals surface area contributed by atoms with Crippen LogP contribution in [0.1, 0.15) is 34.1 Å². The first-order valence-corrected chi connectivity index (χ1v) is 4.33. The number of hydrogen-bond acceptors (Lipinski definition) is 3. The Balaban J connectivity index is 3.68. The molecule has 0 rings (SSSR count). The molecule has 0 aromatic carbocycles. The van der Waals surface area contributed by atoms with E-state index in [-0.39, 0.29) is 11.1 Å². The van der Waals surface area contributed by atoms with Crippen LogP contribution in [0.4, 0.5) is 0 Å². The third-order valence-electron chi connectivity index (χ3n) is 1.54. The van der Waals surface area contributed by atoms with Crippen LogP contribution in [0, 0.1) is 5.41 Å². The van der Waals surface area contributed by atoms with Crippen LogP contribution in [-0.4, -0.2) is 23.3 Å². The van der Waals surface area contributed by atoms with Gasteiger partial charge in [0.2, 0.25) is 0 Å². The molecule has 0 aliphatic carbocycles. The molecule has 0 radical (unpaired) electrons. The summed E-state index contributed by atoms with van der Waals surface area (Å²) in [5.74, 6) is -0.983. The van der Waals surface area contributed by atoms with Crippen molar-refractivity contribution in [2.45, 2.75) is 34.1 Å². The predicted octanol–water partition coefficient (Wildman–Crippen LogP) is 1.47. The Morgan fingerprint density at radius 1 is 1.46 bits per heavy atom. The Morgan fingerprint density at radius 2 is 2.00 bits per heavy atom. The molecule has 0 aliphatic rings. The van der Waals surface area contributed by atoms with Crippen molar-refractivity contribution in [2.24, 2.45) is 10.5 Å². The smallest absolute Gasteiger partial charge is 0.351 e. The highest BCUT2D eigenvalue weighted by atomic mass is 16.4. The highest BCUT2D eigenvalue weighted by Crippen LogP contribution is 2.16. The molecule has 4 nitrogen and oxygen atoms in total. The molecule has 0 amide bonds. The summed E-state index contributed by atoms with van der Waals surface area (Å²) >= 11 is 0. The number of carbonyl (C=O) groups is 1. The second kappa shape index (κ2) is 4.84. The van der Waals surface area contributed by atoms with E-state index in [4.69, 9.17) is 5.11 Å². The summed E-state index contributed by atoms with van der Waals surface area (Å²) in [6.45, 7) is 8.55. The van der Waals surface area contributed by atoms with Crippen molar-refractivity contribution in [3.8, 4) is 0 Å². The number of carboxylic acid groups (broad SMARTS) is 1. The fourth-order valence-corrected chi connectivity index (χ4v) is 0.653. The topological polar surface area (TPSA) is 61.7 Å². The average Bonchev–Trinajstić information content (AvgIpc) is 1.95. The number of hydrogen-bond donors (Lipinski definition) is 2. The average molecular weight is 186 g/mol. The van der Waals surface area contributed by atoms with E-state index < -0.39 is 5.97 Å². The zero-order chi connectivity index (χ0) is 10.5. The van der Waals surface area contributed by atoms with Gasteiger partial charge in [0.05, 0.1) is 0 Å². The third-order valence-corrected chi connectivity index (χ3v) is 1.54. The van der Waals surface area contributed by atoms with Crippen LogP contribution in [0.2, 0.25) is 0 Å². The van der Waals surface area contributed by atoms with Gasteiger partial charge in [0.25, 0.3) is 0 Å². The van der Waals surface area contributed by atoms with Gasteiger partial charge in [-0.05, 0) is 18.8 Å². The van der Waals surface area contributed by atoms with E-state index in [0.717, 1.165) is 6.42 Å². The third kappa shape index (κ3) is 7.31. The minimum atomic E-state index is -0.983. The first-order valence-electron chi connectivity index (χ1n) is 4.33. The summed E-state index contributed by atoms with van der Waals surface area (Å²) in [7, 11) is 0. The summed E-state index contributed by atoms with van der Waals surface area (Å²) in [6.07, 6.45) is 0.962. The second-order valence-electron chi connectivity index (χ2n) is 4.22. The molecule has 0 aliphatic heterocycles. The van der Waals surface area contributed by atoms with E-state index in [9.17, 15) is 4.79 Å². The minimum absolute atomic E-state index is 0.0916. The Hall–Kier alpha value is -1.06. The predicted molar refractivity (Wildman–Crippen MR) is 52.8 cm³/mol. The maximum absolute atomic E-state index is 10.3. The van der Waals surface area contributed by atoms with Crippen LogP contribution >= 0.6 is 0 Å². The molecular weight excluding hydrogens is 168 g/mol. The zero-order valence-electron chi connectivity index (χ0n) is 8.72. The number of carboxylic acids is 1. The molecular formula is C9H18N2O2. The van der Waals surface area contributed by atoms with E-state index in [0.29, 0.717) is 6.54 Å². The summed E-state index contributed by atoms with van der Waals surface area (Å²) in [5, 5.41) is 12.2. The first kappa shape index (κ1) is 11.9. The van der Waals surface area contributed by atoms with Crippen LogP contribution in [0.25, 0.3) is 0 Å². The standard InChI is InChI=1S/C9H18N2O2/c1-7(8(12)13)11-10-6-5-9(2,3)4/h10H,5-6H2,1-4H3,(H,12,13). The first-order chi connectivity index (χ1) is 5.83. The molecule has 0 spiro atoms. The summed E-state index contributed by atoms with van der Waals surface area (Å²) in [6, 6.07) is 0. The number of nitrogens with one attached hydrogen (secondary N) is 1. The molecule has 0 heterocycles. The number of rotatable bonds is 4. The van der Waals surface area contributed by atoms with Gasteiger partial charge >= 0.3 is 5.97 Å². The quantitative estimate of drug-likeness (QED) is 0.397. The van der Waals surface area contributed by atoms with Crippen molar-refractivity contribution in [1.82, 2.24) is 5.43 Å². The van der Waals surface area contributed by atoms with Crippen LogP contribution in [0.3, 0.4) is 0 Å². The van der Waals surface area contributed by atoms with Crippen molar-refractivity contribution in [3.05, 3.63) is 0 Å². The summed E-state index contributed by atoms with van der Waals surface area (Å²) in [5.41, 5.74) is 3.07. The van der Waals surface area contributed by atoms with Crippen molar-refractivity contribution in [2.75, 3.05) is 6.54 Å². The molecule has 13 heavy (non-hydrogen) atoms. The van der Waals surface area contributed by atoms with Gasteiger partial charge in [-0.1, -0.05) is 20.8 Å². The molecule has 76 valence electrons. The number of hydrazone groups is 1. The summed E-state index contributed by atoms with van der Waals surface area (Å²) < 4.78 is 0. The highest BCUT2D eigenvalue weighted by molar-refractivity contribution is 6.34. The lowest BCUT2D eigenvalue weighted by molar-refractivity contribution is -0.129. The lowest BCUT2D eigenvalue weighted by Gasteiger charge is -2.17. The van der Waals surface area contributed by atoms with Crippen molar-refractivity contribution in [3.63, 3.8) is 0 Å². The van der Waals surface area contributed by atoms with Gasteiger partial charge in [-0.15, -0.1) is 0 Å². The largest absolute Gasteiger partial charge is 0.477 e. The normalized spacial score (nSPS) is 12.8. The molecule has 0 saturated heterocycles. The minimum Gasteiger partial charge on any atom is -0.477 e. The molecule has 0 aromatic rings. The lowest BCUT2D eigenvalue weighted by Crippen LogP contribution is -2.19. The second-order valence-corrected chi connectivity index (χ2v) is 4.22. The van der Waals surface area contributed by atoms with Gasteiger partial charge in [-0.2, -0.15) is 5.10 Å². The zero-order valence-corrected chi connectivity index (χ0v) is 8.72. The van der Waals surface area contributed by atoms with E-state index >= 15 is 0 Å². The van der Waals surface area contributed by atoms with Gasteiger partial charge in [-0.25, -0.2) is 4.79 Å². The molecule has 0 atom stereocenters. The van der Waals surface area contributed by atoms with E-state index in [2.05, 4.69) is 31.3 Å². The van der Waals surface area contributed by atoms with Gasteiger partial charge in [0, 0.05) is 6.54 Å². The fraction of sp³-hybridized carbons (Fsp3) is 0.778. The van der Waals surface area contributed by atoms with Gasteiger partial charge < -0.3 is 10.5 Å². The van der Waals surface area contributed by atoms with Crippen molar-refractivity contribution in [1.29, 1.82) is 0 Å². The Morgan fingerprint density at radius 3 is 2.38 bits per heavy atom. The molecule has 0 fully saturated rings. The van der Waals surface area contributed by atoms with Gasteiger partial charge in [-0.3, -0.25) is 0 Å². The maximum atomic E-state index is 10.3. The lowest BCUT2D eigenvalue weighted by atomic mass is 9.93. The van der Waals surface area contributed by atoms with E-state index in [1.165, 1.54) is 6.92 Å². The highest BCUT2D eigenvalue weighted by Gasteiger charge is 2.08. The molecule has 0 unspecified atom stereocenters. The molecule has 4 heteroatoms. The van der Waals surface area contributed by atoms with Crippen molar-refractivity contribution < 1.29 is 9.90 Å². The maximum Gasteiger partial charge on any atom is 0.351 e. The Bertz CT molecular complexity index is 204.